The Labute approximate surface area is 79.8 Å². The molecule has 13 heavy (non-hydrogen) atoms. The summed E-state index contributed by atoms with van der Waals surface area (Å²) in [6.07, 6.45) is 1.53. The van der Waals surface area contributed by atoms with Crippen LogP contribution >= 0.6 is 0 Å². The molecule has 0 radical (unpaired) electrons. The summed E-state index contributed by atoms with van der Waals surface area (Å²) < 4.78 is 5.31. The van der Waals surface area contributed by atoms with E-state index in [0.29, 0.717) is 26.1 Å². The van der Waals surface area contributed by atoms with Crippen molar-refractivity contribution in [2.45, 2.75) is 32.8 Å². The number of rotatable bonds is 7. The maximum absolute atomic E-state index is 10.9. The van der Waals surface area contributed by atoms with Crippen molar-refractivity contribution < 1.29 is 9.53 Å². The van der Waals surface area contributed by atoms with E-state index in [1.807, 2.05) is 13.8 Å². The van der Waals surface area contributed by atoms with Gasteiger partial charge in [-0.1, -0.05) is 0 Å². The summed E-state index contributed by atoms with van der Waals surface area (Å²) in [5, 5.41) is 2.76. The molecule has 0 bridgehead atoms. The fourth-order valence-corrected chi connectivity index (χ4v) is 0.838. The van der Waals surface area contributed by atoms with Gasteiger partial charge < -0.3 is 15.8 Å². The second-order valence-corrected chi connectivity index (χ2v) is 3.16. The molecule has 0 aliphatic carbocycles. The summed E-state index contributed by atoms with van der Waals surface area (Å²) in [5.41, 5.74) is 5.21. The van der Waals surface area contributed by atoms with Gasteiger partial charge >= 0.3 is 0 Å². The Morgan fingerprint density at radius 2 is 2.23 bits per heavy atom. The SMILES string of the molecule is CC(C)OCCCNC(=O)CCN. The van der Waals surface area contributed by atoms with Crippen LogP contribution in [0.2, 0.25) is 0 Å². The third kappa shape index (κ3) is 9.30. The molecule has 0 saturated heterocycles. The van der Waals surface area contributed by atoms with Gasteiger partial charge in [0.25, 0.3) is 0 Å². The Hall–Kier alpha value is -0.610. The van der Waals surface area contributed by atoms with Crippen LogP contribution in [0.3, 0.4) is 0 Å². The number of amides is 1. The molecule has 0 spiro atoms. The van der Waals surface area contributed by atoms with Gasteiger partial charge in [-0.05, 0) is 20.3 Å². The molecule has 78 valence electrons. The minimum atomic E-state index is 0.0204. The number of hydrogen-bond donors (Lipinski definition) is 2. The van der Waals surface area contributed by atoms with Crippen molar-refractivity contribution in [2.75, 3.05) is 19.7 Å². The fraction of sp³-hybridized carbons (Fsp3) is 0.889. The van der Waals surface area contributed by atoms with Gasteiger partial charge in [0.1, 0.15) is 0 Å². The molecule has 0 aliphatic rings. The first-order valence-electron chi connectivity index (χ1n) is 4.75. The maximum atomic E-state index is 10.9. The van der Waals surface area contributed by atoms with E-state index in [2.05, 4.69) is 5.32 Å². The van der Waals surface area contributed by atoms with Crippen LogP contribution in [0.5, 0.6) is 0 Å². The minimum absolute atomic E-state index is 0.0204. The summed E-state index contributed by atoms with van der Waals surface area (Å²) in [6, 6.07) is 0. The zero-order chi connectivity index (χ0) is 10.1. The van der Waals surface area contributed by atoms with Crippen LogP contribution in [0, 0.1) is 0 Å². The molecule has 4 heteroatoms. The first kappa shape index (κ1) is 12.4. The molecule has 0 aromatic rings. The second-order valence-electron chi connectivity index (χ2n) is 3.16. The van der Waals surface area contributed by atoms with Crippen molar-refractivity contribution in [3.63, 3.8) is 0 Å². The van der Waals surface area contributed by atoms with Gasteiger partial charge in [0.05, 0.1) is 6.10 Å². The van der Waals surface area contributed by atoms with E-state index in [9.17, 15) is 4.79 Å². The van der Waals surface area contributed by atoms with E-state index in [0.717, 1.165) is 6.42 Å². The lowest BCUT2D eigenvalue weighted by Crippen LogP contribution is -2.27. The van der Waals surface area contributed by atoms with E-state index in [1.54, 1.807) is 0 Å². The molecule has 1 amide bonds. The maximum Gasteiger partial charge on any atom is 0.221 e. The molecule has 0 heterocycles. The number of nitrogens with one attached hydrogen (secondary N) is 1. The zero-order valence-electron chi connectivity index (χ0n) is 8.51. The van der Waals surface area contributed by atoms with Gasteiger partial charge in [0.2, 0.25) is 5.91 Å². The van der Waals surface area contributed by atoms with E-state index in [1.165, 1.54) is 0 Å². The third-order valence-electron chi connectivity index (χ3n) is 1.47. The Bertz CT molecular complexity index is 138. The largest absolute Gasteiger partial charge is 0.379 e. The summed E-state index contributed by atoms with van der Waals surface area (Å²) in [7, 11) is 0. The smallest absolute Gasteiger partial charge is 0.221 e. The fourth-order valence-electron chi connectivity index (χ4n) is 0.838. The van der Waals surface area contributed by atoms with Crippen LogP contribution in [-0.2, 0) is 9.53 Å². The molecule has 0 rings (SSSR count). The number of hydrogen-bond acceptors (Lipinski definition) is 3. The highest BCUT2D eigenvalue weighted by Crippen LogP contribution is 1.89. The van der Waals surface area contributed by atoms with Crippen molar-refractivity contribution in [2.24, 2.45) is 5.73 Å². The molecular weight excluding hydrogens is 168 g/mol. The van der Waals surface area contributed by atoms with Crippen LogP contribution in [0.4, 0.5) is 0 Å². The van der Waals surface area contributed by atoms with Crippen LogP contribution in [0.15, 0.2) is 0 Å². The molecule has 0 unspecified atom stereocenters. The molecule has 4 nitrogen and oxygen atoms in total. The van der Waals surface area contributed by atoms with E-state index >= 15 is 0 Å². The van der Waals surface area contributed by atoms with Crippen LogP contribution in [-0.4, -0.2) is 31.7 Å². The van der Waals surface area contributed by atoms with Crippen LogP contribution in [0.1, 0.15) is 26.7 Å². The van der Waals surface area contributed by atoms with E-state index in [4.69, 9.17) is 10.5 Å². The van der Waals surface area contributed by atoms with Crippen molar-refractivity contribution >= 4 is 5.91 Å². The molecule has 0 saturated carbocycles. The van der Waals surface area contributed by atoms with Gasteiger partial charge in [0.15, 0.2) is 0 Å². The Morgan fingerprint density at radius 1 is 1.54 bits per heavy atom. The van der Waals surface area contributed by atoms with Crippen molar-refractivity contribution in [3.05, 3.63) is 0 Å². The Balaban J connectivity index is 3.11. The van der Waals surface area contributed by atoms with Gasteiger partial charge in [-0.3, -0.25) is 4.79 Å². The predicted molar refractivity (Wildman–Crippen MR) is 52.4 cm³/mol. The molecule has 0 aliphatic heterocycles. The van der Waals surface area contributed by atoms with Gasteiger partial charge in [0, 0.05) is 26.1 Å². The Kier molecular flexibility index (Phi) is 7.63. The predicted octanol–water partition coefficient (Wildman–Crippen LogP) is 0.267. The monoisotopic (exact) mass is 188 g/mol. The molecule has 0 aromatic heterocycles. The summed E-state index contributed by atoms with van der Waals surface area (Å²) in [6.45, 7) is 5.76. The quantitative estimate of drug-likeness (QED) is 0.563. The van der Waals surface area contributed by atoms with E-state index < -0.39 is 0 Å². The third-order valence-corrected chi connectivity index (χ3v) is 1.47. The van der Waals surface area contributed by atoms with Crippen LogP contribution < -0.4 is 11.1 Å². The summed E-state index contributed by atoms with van der Waals surface area (Å²) in [4.78, 5) is 10.9. The highest BCUT2D eigenvalue weighted by molar-refractivity contribution is 5.75. The number of carbonyl (C=O) groups excluding carboxylic acids is 1. The standard InChI is InChI=1S/C9H20N2O2/c1-8(2)13-7-3-6-11-9(12)4-5-10/h8H,3-7,10H2,1-2H3,(H,11,12). The normalized spacial score (nSPS) is 10.5. The number of carbonyl (C=O) groups is 1. The Morgan fingerprint density at radius 3 is 2.77 bits per heavy atom. The van der Waals surface area contributed by atoms with Gasteiger partial charge in [-0.15, -0.1) is 0 Å². The first-order chi connectivity index (χ1) is 6.16. The lowest BCUT2D eigenvalue weighted by molar-refractivity contribution is -0.120. The average molecular weight is 188 g/mol. The highest BCUT2D eigenvalue weighted by Gasteiger charge is 1.98. The molecule has 0 atom stereocenters. The first-order valence-corrected chi connectivity index (χ1v) is 4.75. The van der Waals surface area contributed by atoms with Gasteiger partial charge in [-0.2, -0.15) is 0 Å². The average Bonchev–Trinajstić information content (AvgIpc) is 2.03. The second kappa shape index (κ2) is 8.01. The minimum Gasteiger partial charge on any atom is -0.379 e. The number of nitrogens with two attached hydrogens (primary N) is 1. The molecular formula is C9H20N2O2. The molecule has 3 N–H and O–H groups in total. The van der Waals surface area contributed by atoms with E-state index in [-0.39, 0.29) is 12.0 Å². The van der Waals surface area contributed by atoms with Crippen molar-refractivity contribution in [1.82, 2.24) is 5.32 Å². The lowest BCUT2D eigenvalue weighted by Gasteiger charge is -2.07. The van der Waals surface area contributed by atoms with Crippen LogP contribution in [0.25, 0.3) is 0 Å². The zero-order valence-corrected chi connectivity index (χ0v) is 8.51. The summed E-state index contributed by atoms with van der Waals surface area (Å²) in [5.74, 6) is 0.0204. The topological polar surface area (TPSA) is 64.3 Å². The van der Waals surface area contributed by atoms with Crippen molar-refractivity contribution in [3.8, 4) is 0 Å². The van der Waals surface area contributed by atoms with Gasteiger partial charge in [-0.25, -0.2) is 0 Å². The van der Waals surface area contributed by atoms with Crippen molar-refractivity contribution in [1.29, 1.82) is 0 Å². The highest BCUT2D eigenvalue weighted by atomic mass is 16.5. The molecule has 0 fully saturated rings. The summed E-state index contributed by atoms with van der Waals surface area (Å²) >= 11 is 0. The number of ether oxygens (including phenoxy) is 1. The lowest BCUT2D eigenvalue weighted by atomic mass is 10.4. The molecule has 0 aromatic carbocycles.